The van der Waals surface area contributed by atoms with Crippen molar-refractivity contribution in [1.29, 1.82) is 0 Å². The second kappa shape index (κ2) is 4.98. The van der Waals surface area contributed by atoms with E-state index in [-0.39, 0.29) is 23.3 Å². The number of aliphatic hydroxyl groups excluding tert-OH is 1. The number of hydrogen-bond acceptors (Lipinski definition) is 9. The molecule has 1 saturated heterocycles. The predicted octanol–water partition coefficient (Wildman–Crippen LogP) is 0.891. The van der Waals surface area contributed by atoms with E-state index in [2.05, 4.69) is 0 Å². The maximum atomic E-state index is 12.5. The normalized spacial score (nSPS) is 29.2. The first-order valence-electron chi connectivity index (χ1n) is 7.72. The lowest BCUT2D eigenvalue weighted by Crippen LogP contribution is -2.46. The Bertz CT molecular complexity index is 929. The smallest absolute Gasteiger partial charge is 0.507 e. The Hall–Kier alpha value is -3.07. The zero-order valence-electron chi connectivity index (χ0n) is 13.7. The fraction of sp³-hybridized carbons (Fsp3) is 0.353. The minimum Gasteiger partial charge on any atom is -0.507 e. The molecule has 3 atom stereocenters. The maximum absolute atomic E-state index is 12.5. The van der Waals surface area contributed by atoms with E-state index >= 15 is 0 Å². The van der Waals surface area contributed by atoms with Crippen LogP contribution in [0.4, 0.5) is 4.79 Å². The predicted molar refractivity (Wildman–Crippen MR) is 81.9 cm³/mol. The van der Waals surface area contributed by atoms with Crippen LogP contribution in [0.1, 0.15) is 44.9 Å². The van der Waals surface area contributed by atoms with Crippen LogP contribution in [0.15, 0.2) is 11.8 Å². The molecule has 0 aromatic heterocycles. The van der Waals surface area contributed by atoms with Crippen LogP contribution in [0.3, 0.4) is 0 Å². The molecule has 1 aromatic rings. The minimum atomic E-state index is -1.55. The topological polar surface area (TPSA) is 140 Å². The maximum Gasteiger partial charge on any atom is 0.509 e. The molecule has 0 bridgehead atoms. The Morgan fingerprint density at radius 2 is 1.88 bits per heavy atom. The summed E-state index contributed by atoms with van der Waals surface area (Å²) in [6.07, 6.45) is -2.92. The lowest BCUT2D eigenvalue weighted by Gasteiger charge is -2.37. The molecule has 1 aromatic carbocycles. The van der Waals surface area contributed by atoms with E-state index in [1.807, 2.05) is 0 Å². The van der Waals surface area contributed by atoms with Crippen molar-refractivity contribution in [3.05, 3.63) is 34.1 Å². The van der Waals surface area contributed by atoms with Crippen LogP contribution in [0, 0.1) is 0 Å². The molecule has 4 rings (SSSR count). The van der Waals surface area contributed by atoms with E-state index in [1.165, 1.54) is 14.0 Å². The van der Waals surface area contributed by atoms with Crippen LogP contribution in [0.25, 0.3) is 0 Å². The summed E-state index contributed by atoms with van der Waals surface area (Å²) in [4.78, 5) is 36.4. The Morgan fingerprint density at radius 3 is 2.54 bits per heavy atom. The largest absolute Gasteiger partial charge is 0.509 e. The number of Topliss-reactive ketones (excluding diaryl/α,β-unsaturated/α-hetero) is 1. The van der Waals surface area contributed by atoms with Crippen molar-refractivity contribution >= 4 is 17.7 Å². The van der Waals surface area contributed by atoms with E-state index in [1.54, 1.807) is 0 Å². The van der Waals surface area contributed by atoms with Crippen molar-refractivity contribution in [3.8, 4) is 11.5 Å². The first-order chi connectivity index (χ1) is 12.2. The van der Waals surface area contributed by atoms with Gasteiger partial charge in [-0.2, -0.15) is 0 Å². The summed E-state index contributed by atoms with van der Waals surface area (Å²) in [6.45, 7) is 1.50. The number of aliphatic hydroxyl groups is 1. The summed E-state index contributed by atoms with van der Waals surface area (Å²) in [5, 5.41) is 31.9. The number of aromatic hydroxyl groups is 2. The van der Waals surface area contributed by atoms with Gasteiger partial charge in [-0.25, -0.2) is 4.79 Å². The average Bonchev–Trinajstić information content (AvgIpc) is 2.88. The number of ether oxygens (including phenoxy) is 3. The van der Waals surface area contributed by atoms with Crippen LogP contribution in [0.2, 0.25) is 0 Å². The van der Waals surface area contributed by atoms with E-state index < -0.39 is 58.2 Å². The number of phenols is 2. The van der Waals surface area contributed by atoms with Crippen LogP contribution in [0.5, 0.6) is 11.5 Å². The number of rotatable bonds is 1. The highest BCUT2D eigenvalue weighted by Gasteiger charge is 2.57. The summed E-state index contributed by atoms with van der Waals surface area (Å²) in [7, 11) is 1.20. The molecule has 1 heterocycles. The second-order valence-electron chi connectivity index (χ2n) is 6.57. The summed E-state index contributed by atoms with van der Waals surface area (Å²) < 4.78 is 14.9. The number of phenolic OH excluding ortho intramolecular Hbond substituents is 2. The zero-order valence-corrected chi connectivity index (χ0v) is 13.7. The van der Waals surface area contributed by atoms with Crippen molar-refractivity contribution in [2.45, 2.75) is 31.2 Å². The fourth-order valence-electron chi connectivity index (χ4n) is 3.82. The number of ketones is 2. The number of benzene rings is 1. The number of allylic oxidation sites excluding steroid dienone is 2. The Balaban J connectivity index is 1.99. The molecule has 0 spiro atoms. The van der Waals surface area contributed by atoms with Crippen LogP contribution in [-0.4, -0.2) is 51.9 Å². The molecule has 9 nitrogen and oxygen atoms in total. The van der Waals surface area contributed by atoms with Crippen molar-refractivity contribution in [3.63, 3.8) is 0 Å². The van der Waals surface area contributed by atoms with Crippen LogP contribution < -0.4 is 0 Å². The van der Waals surface area contributed by atoms with Gasteiger partial charge in [-0.05, 0) is 6.92 Å². The SMILES string of the molecule is COC1=CC(=O)c2c(O)c3c(c(O)c2C1=O)C[C@]1(C)OC(=O)O[C@@H]1[C@H]3O. The molecule has 136 valence electrons. The number of carbonyl (C=O) groups is 3. The lowest BCUT2D eigenvalue weighted by molar-refractivity contribution is -0.0436. The Labute approximate surface area is 146 Å². The molecule has 0 amide bonds. The highest BCUT2D eigenvalue weighted by atomic mass is 16.8. The van der Waals surface area contributed by atoms with Gasteiger partial charge < -0.3 is 29.5 Å². The minimum absolute atomic E-state index is 0.00398. The van der Waals surface area contributed by atoms with Crippen molar-refractivity contribution < 1.29 is 43.9 Å². The molecule has 0 saturated carbocycles. The van der Waals surface area contributed by atoms with Gasteiger partial charge in [0.15, 0.2) is 23.2 Å². The van der Waals surface area contributed by atoms with Gasteiger partial charge in [0.2, 0.25) is 5.78 Å². The molecular weight excluding hydrogens is 348 g/mol. The first-order valence-corrected chi connectivity index (χ1v) is 7.72. The third-order valence-electron chi connectivity index (χ3n) is 5.02. The van der Waals surface area contributed by atoms with Crippen LogP contribution >= 0.6 is 0 Å². The van der Waals surface area contributed by atoms with Gasteiger partial charge in [0, 0.05) is 23.6 Å². The number of fused-ring (bicyclic) bond motifs is 3. The molecule has 1 aliphatic heterocycles. The van der Waals surface area contributed by atoms with Gasteiger partial charge >= 0.3 is 6.16 Å². The monoisotopic (exact) mass is 362 g/mol. The molecule has 0 radical (unpaired) electrons. The van der Waals surface area contributed by atoms with Gasteiger partial charge in [0.05, 0.1) is 18.2 Å². The van der Waals surface area contributed by atoms with Gasteiger partial charge in [0.25, 0.3) is 0 Å². The summed E-state index contributed by atoms with van der Waals surface area (Å²) in [6, 6.07) is 0. The van der Waals surface area contributed by atoms with Gasteiger partial charge in [-0.15, -0.1) is 0 Å². The summed E-state index contributed by atoms with van der Waals surface area (Å²) in [5.74, 6) is -3.04. The van der Waals surface area contributed by atoms with Gasteiger partial charge in [0.1, 0.15) is 17.6 Å². The molecule has 1 fully saturated rings. The highest BCUT2D eigenvalue weighted by Crippen LogP contribution is 2.52. The fourth-order valence-corrected chi connectivity index (χ4v) is 3.82. The van der Waals surface area contributed by atoms with Crippen molar-refractivity contribution in [1.82, 2.24) is 0 Å². The van der Waals surface area contributed by atoms with Gasteiger partial charge in [-0.3, -0.25) is 9.59 Å². The van der Waals surface area contributed by atoms with E-state index in [0.29, 0.717) is 0 Å². The summed E-state index contributed by atoms with van der Waals surface area (Å²) in [5.41, 5.74) is -2.31. The molecular formula is C17H14O9. The van der Waals surface area contributed by atoms with E-state index in [9.17, 15) is 29.7 Å². The third kappa shape index (κ3) is 1.86. The number of methoxy groups -OCH3 is 1. The molecule has 3 N–H and O–H groups in total. The third-order valence-corrected chi connectivity index (χ3v) is 5.02. The van der Waals surface area contributed by atoms with Crippen LogP contribution in [-0.2, 0) is 20.6 Å². The quantitative estimate of drug-likeness (QED) is 0.491. The Morgan fingerprint density at radius 1 is 1.19 bits per heavy atom. The molecule has 2 aliphatic carbocycles. The number of carbonyl (C=O) groups excluding carboxylic acids is 3. The molecule has 26 heavy (non-hydrogen) atoms. The molecule has 3 aliphatic rings. The van der Waals surface area contributed by atoms with Gasteiger partial charge in [-0.1, -0.05) is 0 Å². The summed E-state index contributed by atoms with van der Waals surface area (Å²) >= 11 is 0. The molecule has 0 unspecified atom stereocenters. The number of hydrogen-bond donors (Lipinski definition) is 3. The first kappa shape index (κ1) is 16.4. The zero-order chi connectivity index (χ0) is 19.0. The second-order valence-corrected chi connectivity index (χ2v) is 6.57. The molecule has 9 heteroatoms. The van der Waals surface area contributed by atoms with E-state index in [0.717, 1.165) is 6.08 Å². The Kier molecular flexibility index (Phi) is 3.14. The van der Waals surface area contributed by atoms with Crippen molar-refractivity contribution in [2.24, 2.45) is 0 Å². The average molecular weight is 362 g/mol. The standard InChI is InChI=1S/C17H14O9/c1-17-4-5-8(14(22)15(17)25-16(23)26-17)13(21)9-6(18)3-7(24-2)12(20)10(9)11(5)19/h3,14-15,19,21-22H,4H2,1-2H3/t14-,15+,17-/m0/s1. The van der Waals surface area contributed by atoms with E-state index in [4.69, 9.17) is 14.2 Å². The van der Waals surface area contributed by atoms with Crippen molar-refractivity contribution in [2.75, 3.05) is 7.11 Å². The lowest BCUT2D eigenvalue weighted by atomic mass is 9.74. The highest BCUT2D eigenvalue weighted by molar-refractivity contribution is 6.26.